The van der Waals surface area contributed by atoms with Crippen LogP contribution in [0.15, 0.2) is 42.5 Å². The van der Waals surface area contributed by atoms with Gasteiger partial charge in [0.1, 0.15) is 0 Å². The fraction of sp³-hybridized carbons (Fsp3) is 0.333. The summed E-state index contributed by atoms with van der Waals surface area (Å²) in [6, 6.07) is 14.9. The summed E-state index contributed by atoms with van der Waals surface area (Å²) in [5.41, 5.74) is 7.20. The van der Waals surface area contributed by atoms with Crippen LogP contribution in [0.4, 0.5) is 0 Å². The van der Waals surface area contributed by atoms with Gasteiger partial charge in [0.05, 0.1) is 0 Å². The summed E-state index contributed by atoms with van der Waals surface area (Å²) in [5.74, 6) is 0.341. The van der Waals surface area contributed by atoms with Gasteiger partial charge in [-0.15, -0.1) is 0 Å². The molecule has 0 spiro atoms. The van der Waals surface area contributed by atoms with Crippen LogP contribution in [0.1, 0.15) is 12.0 Å². The lowest BCUT2D eigenvalue weighted by Crippen LogP contribution is -2.23. The standard InChI is InChI=1S/C15H17NO/c16-10-15(8-14(15)9-17)13-6-5-11-3-1-2-4-12(11)7-13/h1-7,14,17H,8-10,16H2/t14-,15?/m0/s1. The first kappa shape index (κ1) is 10.8. The van der Waals surface area contributed by atoms with Crippen molar-refractivity contribution in [2.24, 2.45) is 11.7 Å². The fourth-order valence-electron chi connectivity index (χ4n) is 2.84. The van der Waals surface area contributed by atoms with Crippen LogP contribution in [0.5, 0.6) is 0 Å². The number of nitrogens with two attached hydrogens (primary N) is 1. The van der Waals surface area contributed by atoms with E-state index in [-0.39, 0.29) is 12.0 Å². The van der Waals surface area contributed by atoms with Gasteiger partial charge in [-0.3, -0.25) is 0 Å². The molecule has 1 aliphatic carbocycles. The molecule has 3 rings (SSSR count). The van der Waals surface area contributed by atoms with E-state index in [1.807, 2.05) is 6.07 Å². The number of hydrogen-bond donors (Lipinski definition) is 2. The van der Waals surface area contributed by atoms with Crippen molar-refractivity contribution >= 4 is 10.8 Å². The van der Waals surface area contributed by atoms with E-state index in [1.54, 1.807) is 0 Å². The van der Waals surface area contributed by atoms with Gasteiger partial charge in [0, 0.05) is 18.6 Å². The summed E-state index contributed by atoms with van der Waals surface area (Å²) in [5, 5.41) is 11.8. The van der Waals surface area contributed by atoms with Gasteiger partial charge in [-0.05, 0) is 28.7 Å². The zero-order chi connectivity index (χ0) is 11.9. The van der Waals surface area contributed by atoms with E-state index in [2.05, 4.69) is 36.4 Å². The highest BCUT2D eigenvalue weighted by atomic mass is 16.3. The number of hydrogen-bond acceptors (Lipinski definition) is 2. The third kappa shape index (κ3) is 1.56. The summed E-state index contributed by atoms with van der Waals surface area (Å²) >= 11 is 0. The Morgan fingerprint density at radius 2 is 1.94 bits per heavy atom. The molecule has 2 aromatic carbocycles. The molecule has 3 N–H and O–H groups in total. The third-order valence-electron chi connectivity index (χ3n) is 4.14. The average molecular weight is 227 g/mol. The first-order chi connectivity index (χ1) is 8.30. The number of aliphatic hydroxyl groups excluding tert-OH is 1. The SMILES string of the molecule is NCC1(c2ccc3ccccc3c2)C[C@H]1CO. The lowest BCUT2D eigenvalue weighted by Gasteiger charge is -2.15. The van der Waals surface area contributed by atoms with Gasteiger partial charge in [-0.25, -0.2) is 0 Å². The Morgan fingerprint density at radius 3 is 2.59 bits per heavy atom. The molecule has 0 saturated heterocycles. The summed E-state index contributed by atoms with van der Waals surface area (Å²) in [6.45, 7) is 0.862. The second kappa shape index (κ2) is 3.83. The van der Waals surface area contributed by atoms with Crippen LogP contribution in [0.3, 0.4) is 0 Å². The molecule has 0 aromatic heterocycles. The van der Waals surface area contributed by atoms with Gasteiger partial charge >= 0.3 is 0 Å². The van der Waals surface area contributed by atoms with Crippen molar-refractivity contribution in [1.82, 2.24) is 0 Å². The molecule has 0 aliphatic heterocycles. The van der Waals surface area contributed by atoms with E-state index >= 15 is 0 Å². The van der Waals surface area contributed by atoms with Crippen LogP contribution < -0.4 is 5.73 Å². The van der Waals surface area contributed by atoms with Gasteiger partial charge in [-0.1, -0.05) is 42.5 Å². The van der Waals surface area contributed by atoms with E-state index in [4.69, 9.17) is 5.73 Å². The Kier molecular flexibility index (Phi) is 2.42. The van der Waals surface area contributed by atoms with Gasteiger partial charge in [0.2, 0.25) is 0 Å². The molecular formula is C15H17NO. The molecule has 2 atom stereocenters. The number of fused-ring (bicyclic) bond motifs is 1. The smallest absolute Gasteiger partial charge is 0.0468 e. The predicted octanol–water partition coefficient (Wildman–Crippen LogP) is 2.05. The van der Waals surface area contributed by atoms with Crippen molar-refractivity contribution < 1.29 is 5.11 Å². The number of benzene rings is 2. The second-order valence-corrected chi connectivity index (χ2v) is 5.01. The molecule has 0 radical (unpaired) electrons. The minimum absolute atomic E-state index is 0.0266. The maximum atomic E-state index is 9.29. The normalized spacial score (nSPS) is 27.3. The van der Waals surface area contributed by atoms with E-state index in [9.17, 15) is 5.11 Å². The average Bonchev–Trinajstić information content (AvgIpc) is 3.13. The quantitative estimate of drug-likeness (QED) is 0.843. The first-order valence-electron chi connectivity index (χ1n) is 6.10. The number of rotatable bonds is 3. The Labute approximate surface area is 101 Å². The van der Waals surface area contributed by atoms with Gasteiger partial charge in [-0.2, -0.15) is 0 Å². The third-order valence-corrected chi connectivity index (χ3v) is 4.14. The fourth-order valence-corrected chi connectivity index (χ4v) is 2.84. The molecule has 1 aliphatic rings. The molecule has 1 fully saturated rings. The molecule has 1 saturated carbocycles. The zero-order valence-electron chi connectivity index (χ0n) is 9.76. The largest absolute Gasteiger partial charge is 0.396 e. The molecule has 17 heavy (non-hydrogen) atoms. The summed E-state index contributed by atoms with van der Waals surface area (Å²) in [4.78, 5) is 0. The predicted molar refractivity (Wildman–Crippen MR) is 69.9 cm³/mol. The molecule has 1 unspecified atom stereocenters. The Balaban J connectivity index is 2.07. The van der Waals surface area contributed by atoms with Crippen molar-refractivity contribution in [3.63, 3.8) is 0 Å². The van der Waals surface area contributed by atoms with Crippen molar-refractivity contribution in [3.8, 4) is 0 Å². The summed E-state index contributed by atoms with van der Waals surface area (Å²) < 4.78 is 0. The van der Waals surface area contributed by atoms with Crippen LogP contribution in [0.25, 0.3) is 10.8 Å². The zero-order valence-corrected chi connectivity index (χ0v) is 9.76. The van der Waals surface area contributed by atoms with E-state index in [0.717, 1.165) is 6.42 Å². The Hall–Kier alpha value is -1.38. The molecule has 2 heteroatoms. The van der Waals surface area contributed by atoms with Crippen LogP contribution in [0.2, 0.25) is 0 Å². The molecule has 0 heterocycles. The topological polar surface area (TPSA) is 46.2 Å². The number of aliphatic hydroxyl groups is 1. The van der Waals surface area contributed by atoms with Gasteiger partial charge in [0.15, 0.2) is 0 Å². The second-order valence-electron chi connectivity index (χ2n) is 5.01. The minimum atomic E-state index is 0.0266. The van der Waals surface area contributed by atoms with Gasteiger partial charge in [0.25, 0.3) is 0 Å². The Morgan fingerprint density at radius 1 is 1.18 bits per heavy atom. The molecule has 88 valence electrons. The maximum absolute atomic E-state index is 9.29. The van der Waals surface area contributed by atoms with E-state index in [1.165, 1.54) is 16.3 Å². The first-order valence-corrected chi connectivity index (χ1v) is 6.10. The molecule has 2 nitrogen and oxygen atoms in total. The van der Waals surface area contributed by atoms with E-state index in [0.29, 0.717) is 12.5 Å². The summed E-state index contributed by atoms with van der Waals surface area (Å²) in [6.07, 6.45) is 1.01. The van der Waals surface area contributed by atoms with Crippen molar-refractivity contribution in [3.05, 3.63) is 48.0 Å². The highest BCUT2D eigenvalue weighted by Crippen LogP contribution is 2.53. The van der Waals surface area contributed by atoms with Crippen molar-refractivity contribution in [2.45, 2.75) is 11.8 Å². The van der Waals surface area contributed by atoms with Crippen molar-refractivity contribution in [1.29, 1.82) is 0 Å². The highest BCUT2D eigenvalue weighted by Gasteiger charge is 2.53. The lowest BCUT2D eigenvalue weighted by atomic mass is 9.91. The Bertz CT molecular complexity index is 551. The summed E-state index contributed by atoms with van der Waals surface area (Å²) in [7, 11) is 0. The molecular weight excluding hydrogens is 210 g/mol. The minimum Gasteiger partial charge on any atom is -0.396 e. The van der Waals surface area contributed by atoms with Crippen LogP contribution in [0, 0.1) is 5.92 Å². The highest BCUT2D eigenvalue weighted by molar-refractivity contribution is 5.83. The molecule has 2 aromatic rings. The molecule has 0 bridgehead atoms. The maximum Gasteiger partial charge on any atom is 0.0468 e. The van der Waals surface area contributed by atoms with Gasteiger partial charge < -0.3 is 10.8 Å². The van der Waals surface area contributed by atoms with Crippen LogP contribution in [-0.4, -0.2) is 18.3 Å². The van der Waals surface area contributed by atoms with Crippen molar-refractivity contribution in [2.75, 3.05) is 13.2 Å². The van der Waals surface area contributed by atoms with E-state index < -0.39 is 0 Å². The van der Waals surface area contributed by atoms with Crippen LogP contribution in [-0.2, 0) is 5.41 Å². The monoisotopic (exact) mass is 227 g/mol. The molecule has 0 amide bonds. The van der Waals surface area contributed by atoms with Crippen LogP contribution >= 0.6 is 0 Å². The lowest BCUT2D eigenvalue weighted by molar-refractivity contribution is 0.264.